The van der Waals surface area contributed by atoms with Gasteiger partial charge in [-0.2, -0.15) is 0 Å². The van der Waals surface area contributed by atoms with E-state index in [1.807, 2.05) is 24.3 Å². The third-order valence-corrected chi connectivity index (χ3v) is 3.86. The largest absolute Gasteiger partial charge is 0.497 e. The van der Waals surface area contributed by atoms with Gasteiger partial charge in [0, 0.05) is 39.6 Å². The van der Waals surface area contributed by atoms with Crippen LogP contribution in [0.4, 0.5) is 4.79 Å². The van der Waals surface area contributed by atoms with Crippen LogP contribution < -0.4 is 10.1 Å². The molecule has 1 aliphatic rings. The highest BCUT2D eigenvalue weighted by Crippen LogP contribution is 2.11. The fraction of sp³-hybridized carbons (Fsp3) is 0.500. The van der Waals surface area contributed by atoms with Gasteiger partial charge in [-0.25, -0.2) is 4.79 Å². The lowest BCUT2D eigenvalue weighted by molar-refractivity contribution is -0.130. The predicted octanol–water partition coefficient (Wildman–Crippen LogP) is 1.11. The van der Waals surface area contributed by atoms with E-state index in [1.165, 1.54) is 0 Å². The Bertz CT molecular complexity index is 508. The number of rotatable bonds is 4. The Labute approximate surface area is 131 Å². The molecular weight excluding hydrogens is 282 g/mol. The summed E-state index contributed by atoms with van der Waals surface area (Å²) in [5, 5.41) is 2.93. The lowest BCUT2D eigenvalue weighted by atomic mass is 10.1. The van der Waals surface area contributed by atoms with Crippen molar-refractivity contribution in [3.05, 3.63) is 29.8 Å². The first-order valence-corrected chi connectivity index (χ1v) is 7.51. The van der Waals surface area contributed by atoms with Crippen LogP contribution in [0, 0.1) is 0 Å². The molecule has 2 rings (SSSR count). The second kappa shape index (κ2) is 7.68. The van der Waals surface area contributed by atoms with E-state index in [2.05, 4.69) is 5.32 Å². The van der Waals surface area contributed by atoms with E-state index in [4.69, 9.17) is 4.74 Å². The van der Waals surface area contributed by atoms with Crippen molar-refractivity contribution in [1.82, 2.24) is 15.1 Å². The molecule has 0 unspecified atom stereocenters. The van der Waals surface area contributed by atoms with Gasteiger partial charge in [0.1, 0.15) is 5.75 Å². The number of amides is 3. The number of hydrogen-bond donors (Lipinski definition) is 1. The Balaban J connectivity index is 1.70. The number of nitrogens with one attached hydrogen (secondary N) is 1. The zero-order valence-electron chi connectivity index (χ0n) is 13.2. The molecule has 0 bridgehead atoms. The van der Waals surface area contributed by atoms with Crippen LogP contribution in [0.5, 0.6) is 5.75 Å². The van der Waals surface area contributed by atoms with Crippen molar-refractivity contribution in [3.8, 4) is 5.75 Å². The van der Waals surface area contributed by atoms with Crippen LogP contribution in [-0.2, 0) is 11.2 Å². The highest BCUT2D eigenvalue weighted by molar-refractivity contribution is 5.76. The normalized spacial score (nSPS) is 14.6. The minimum absolute atomic E-state index is 0.0586. The highest BCUT2D eigenvalue weighted by atomic mass is 16.5. The number of hydrogen-bond acceptors (Lipinski definition) is 3. The minimum atomic E-state index is -0.0586. The van der Waals surface area contributed by atoms with Crippen molar-refractivity contribution in [2.75, 3.05) is 39.8 Å². The van der Waals surface area contributed by atoms with Gasteiger partial charge < -0.3 is 19.9 Å². The highest BCUT2D eigenvalue weighted by Gasteiger charge is 2.21. The van der Waals surface area contributed by atoms with Crippen LogP contribution in [0.2, 0.25) is 0 Å². The van der Waals surface area contributed by atoms with Gasteiger partial charge in [0.25, 0.3) is 0 Å². The smallest absolute Gasteiger partial charge is 0.317 e. The summed E-state index contributed by atoms with van der Waals surface area (Å²) in [7, 11) is 1.64. The van der Waals surface area contributed by atoms with Gasteiger partial charge >= 0.3 is 6.03 Å². The number of carbonyl (C=O) groups is 2. The number of benzene rings is 1. The standard InChI is InChI=1S/C16H23N3O3/c1-13(20)18-9-11-19(12-10-18)16(21)17-8-7-14-3-5-15(22-2)6-4-14/h3-6H,7-12H2,1-2H3,(H,17,21). The van der Waals surface area contributed by atoms with Crippen LogP contribution in [0.15, 0.2) is 24.3 Å². The number of ether oxygens (including phenoxy) is 1. The number of piperazine rings is 1. The third kappa shape index (κ3) is 4.38. The molecule has 3 amide bonds. The summed E-state index contributed by atoms with van der Waals surface area (Å²) in [5.74, 6) is 0.899. The van der Waals surface area contributed by atoms with E-state index in [1.54, 1.807) is 23.8 Å². The van der Waals surface area contributed by atoms with E-state index < -0.39 is 0 Å². The summed E-state index contributed by atoms with van der Waals surface area (Å²) in [6.45, 7) is 4.56. The number of carbonyl (C=O) groups excluding carboxylic acids is 2. The Morgan fingerprint density at radius 1 is 1.09 bits per heavy atom. The quantitative estimate of drug-likeness (QED) is 0.906. The summed E-state index contributed by atoms with van der Waals surface area (Å²) < 4.78 is 5.11. The first-order valence-electron chi connectivity index (χ1n) is 7.51. The maximum atomic E-state index is 12.1. The van der Waals surface area contributed by atoms with E-state index in [-0.39, 0.29) is 11.9 Å². The van der Waals surface area contributed by atoms with Crippen LogP contribution >= 0.6 is 0 Å². The number of nitrogens with zero attached hydrogens (tertiary/aromatic N) is 2. The maximum Gasteiger partial charge on any atom is 0.317 e. The van der Waals surface area contributed by atoms with Crippen molar-refractivity contribution >= 4 is 11.9 Å². The van der Waals surface area contributed by atoms with Gasteiger partial charge in [-0.3, -0.25) is 4.79 Å². The first kappa shape index (κ1) is 16.1. The molecule has 1 heterocycles. The van der Waals surface area contributed by atoms with Gasteiger partial charge in [-0.05, 0) is 24.1 Å². The summed E-state index contributed by atoms with van der Waals surface area (Å²) in [4.78, 5) is 26.8. The van der Waals surface area contributed by atoms with Crippen molar-refractivity contribution in [1.29, 1.82) is 0 Å². The zero-order valence-corrected chi connectivity index (χ0v) is 13.2. The summed E-state index contributed by atoms with van der Waals surface area (Å²) in [6, 6.07) is 7.76. The van der Waals surface area contributed by atoms with Crippen molar-refractivity contribution < 1.29 is 14.3 Å². The summed E-state index contributed by atoms with van der Waals surface area (Å²) in [5.41, 5.74) is 1.16. The number of methoxy groups -OCH3 is 1. The van der Waals surface area contributed by atoms with E-state index in [0.29, 0.717) is 32.7 Å². The molecule has 1 fully saturated rings. The first-order chi connectivity index (χ1) is 10.6. The van der Waals surface area contributed by atoms with Gasteiger partial charge in [0.2, 0.25) is 5.91 Å². The average molecular weight is 305 g/mol. The van der Waals surface area contributed by atoms with Gasteiger partial charge in [-0.15, -0.1) is 0 Å². The lowest BCUT2D eigenvalue weighted by Gasteiger charge is -2.34. The SMILES string of the molecule is COc1ccc(CCNC(=O)N2CCN(C(C)=O)CC2)cc1. The number of urea groups is 1. The van der Waals surface area contributed by atoms with E-state index in [0.717, 1.165) is 17.7 Å². The molecule has 0 radical (unpaired) electrons. The second-order valence-corrected chi connectivity index (χ2v) is 5.32. The van der Waals surface area contributed by atoms with E-state index >= 15 is 0 Å². The molecule has 120 valence electrons. The maximum absolute atomic E-state index is 12.1. The van der Waals surface area contributed by atoms with Crippen LogP contribution in [0.25, 0.3) is 0 Å². The predicted molar refractivity (Wildman–Crippen MR) is 83.9 cm³/mol. The Kier molecular flexibility index (Phi) is 5.63. The molecule has 0 saturated carbocycles. The molecule has 1 saturated heterocycles. The Hall–Kier alpha value is -2.24. The lowest BCUT2D eigenvalue weighted by Crippen LogP contribution is -2.52. The molecule has 0 aliphatic carbocycles. The van der Waals surface area contributed by atoms with E-state index in [9.17, 15) is 9.59 Å². The van der Waals surface area contributed by atoms with Crippen molar-refractivity contribution in [2.45, 2.75) is 13.3 Å². The summed E-state index contributed by atoms with van der Waals surface area (Å²) in [6.07, 6.45) is 0.781. The van der Waals surface area contributed by atoms with Crippen LogP contribution in [0.3, 0.4) is 0 Å². The molecular formula is C16H23N3O3. The molecule has 1 N–H and O–H groups in total. The average Bonchev–Trinajstić information content (AvgIpc) is 2.55. The fourth-order valence-corrected chi connectivity index (χ4v) is 2.44. The van der Waals surface area contributed by atoms with Crippen LogP contribution in [0.1, 0.15) is 12.5 Å². The fourth-order valence-electron chi connectivity index (χ4n) is 2.44. The minimum Gasteiger partial charge on any atom is -0.497 e. The molecule has 0 atom stereocenters. The molecule has 0 spiro atoms. The summed E-state index contributed by atoms with van der Waals surface area (Å²) >= 11 is 0. The van der Waals surface area contributed by atoms with Gasteiger partial charge in [0.15, 0.2) is 0 Å². The van der Waals surface area contributed by atoms with Gasteiger partial charge in [-0.1, -0.05) is 12.1 Å². The van der Waals surface area contributed by atoms with Crippen molar-refractivity contribution in [2.24, 2.45) is 0 Å². The molecule has 0 aromatic heterocycles. The van der Waals surface area contributed by atoms with Crippen LogP contribution in [-0.4, -0.2) is 61.6 Å². The molecule has 1 aliphatic heterocycles. The Morgan fingerprint density at radius 2 is 1.68 bits per heavy atom. The molecule has 6 heteroatoms. The molecule has 1 aromatic rings. The topological polar surface area (TPSA) is 61.9 Å². The molecule has 1 aromatic carbocycles. The third-order valence-electron chi connectivity index (χ3n) is 3.86. The monoisotopic (exact) mass is 305 g/mol. The van der Waals surface area contributed by atoms with Gasteiger partial charge in [0.05, 0.1) is 7.11 Å². The second-order valence-electron chi connectivity index (χ2n) is 5.32. The molecule has 6 nitrogen and oxygen atoms in total. The zero-order chi connectivity index (χ0) is 15.9. The Morgan fingerprint density at radius 3 is 2.23 bits per heavy atom. The van der Waals surface area contributed by atoms with Crippen molar-refractivity contribution in [3.63, 3.8) is 0 Å². The molecule has 22 heavy (non-hydrogen) atoms.